The predicted octanol–water partition coefficient (Wildman–Crippen LogP) is 2.78. The Morgan fingerprint density at radius 2 is 2.12 bits per heavy atom. The van der Waals surface area contributed by atoms with Crippen molar-refractivity contribution in [1.82, 2.24) is 9.88 Å². The monoisotopic (exact) mass is 220 g/mol. The number of hydrogen-bond acceptors (Lipinski definition) is 1. The lowest BCUT2D eigenvalue weighted by Gasteiger charge is -2.06. The van der Waals surface area contributed by atoms with E-state index in [4.69, 9.17) is 0 Å². The molecule has 1 N–H and O–H groups in total. The molecule has 0 radical (unpaired) electrons. The van der Waals surface area contributed by atoms with E-state index < -0.39 is 0 Å². The summed E-state index contributed by atoms with van der Waals surface area (Å²) in [5.74, 6) is -0.141. The van der Waals surface area contributed by atoms with Gasteiger partial charge in [0.1, 0.15) is 5.82 Å². The summed E-state index contributed by atoms with van der Waals surface area (Å²) in [7, 11) is 0. The predicted molar refractivity (Wildman–Crippen MR) is 65.1 cm³/mol. The van der Waals surface area contributed by atoms with Crippen molar-refractivity contribution in [3.8, 4) is 0 Å². The Balaban J connectivity index is 2.10. The summed E-state index contributed by atoms with van der Waals surface area (Å²) >= 11 is 0. The lowest BCUT2D eigenvalue weighted by atomic mass is 10.2. The second-order valence-electron chi connectivity index (χ2n) is 3.93. The van der Waals surface area contributed by atoms with Crippen LogP contribution in [0.5, 0.6) is 0 Å². The fraction of sp³-hybridized carbons (Fsp3) is 0.385. The average molecular weight is 220 g/mol. The van der Waals surface area contributed by atoms with E-state index in [1.54, 1.807) is 6.07 Å². The molecule has 0 aliphatic carbocycles. The Kier molecular flexibility index (Phi) is 3.57. The van der Waals surface area contributed by atoms with E-state index in [1.165, 1.54) is 6.07 Å². The molecular weight excluding hydrogens is 203 g/mol. The molecule has 3 heteroatoms. The normalized spacial score (nSPS) is 11.1. The second-order valence-corrected chi connectivity index (χ2v) is 3.93. The van der Waals surface area contributed by atoms with Gasteiger partial charge < -0.3 is 9.88 Å². The molecule has 0 spiro atoms. The Morgan fingerprint density at radius 1 is 1.25 bits per heavy atom. The van der Waals surface area contributed by atoms with Crippen LogP contribution >= 0.6 is 0 Å². The van der Waals surface area contributed by atoms with Crippen molar-refractivity contribution in [2.45, 2.75) is 19.9 Å². The standard InChI is InChI=1S/C13H17FN2/c1-2-7-15-8-10-16-9-6-11-12(14)4-3-5-13(11)16/h3-6,9,15H,2,7-8,10H2,1H3. The van der Waals surface area contributed by atoms with Crippen molar-refractivity contribution in [1.29, 1.82) is 0 Å². The number of benzene rings is 1. The van der Waals surface area contributed by atoms with Gasteiger partial charge in [0.25, 0.3) is 0 Å². The fourth-order valence-corrected chi connectivity index (χ4v) is 1.88. The maximum atomic E-state index is 13.4. The first-order valence-corrected chi connectivity index (χ1v) is 5.77. The maximum Gasteiger partial charge on any atom is 0.132 e. The molecule has 16 heavy (non-hydrogen) atoms. The molecule has 2 rings (SSSR count). The fourth-order valence-electron chi connectivity index (χ4n) is 1.88. The van der Waals surface area contributed by atoms with Crippen molar-refractivity contribution in [3.05, 3.63) is 36.3 Å². The third-order valence-electron chi connectivity index (χ3n) is 2.72. The van der Waals surface area contributed by atoms with E-state index in [2.05, 4.69) is 16.8 Å². The summed E-state index contributed by atoms with van der Waals surface area (Å²) in [5, 5.41) is 4.04. The molecule has 0 bridgehead atoms. The van der Waals surface area contributed by atoms with Crippen molar-refractivity contribution in [3.63, 3.8) is 0 Å². The third kappa shape index (κ3) is 2.25. The summed E-state index contributed by atoms with van der Waals surface area (Å²) in [6.07, 6.45) is 3.09. The Labute approximate surface area is 95.1 Å². The average Bonchev–Trinajstić information content (AvgIpc) is 2.70. The Morgan fingerprint density at radius 3 is 2.94 bits per heavy atom. The molecule has 1 aromatic carbocycles. The van der Waals surface area contributed by atoms with Crippen molar-refractivity contribution < 1.29 is 4.39 Å². The summed E-state index contributed by atoms with van der Waals surface area (Å²) < 4.78 is 15.5. The molecule has 0 atom stereocenters. The minimum absolute atomic E-state index is 0.141. The van der Waals surface area contributed by atoms with Crippen LogP contribution in [0.2, 0.25) is 0 Å². The van der Waals surface area contributed by atoms with Crippen LogP contribution in [-0.4, -0.2) is 17.7 Å². The lowest BCUT2D eigenvalue weighted by Crippen LogP contribution is -2.20. The van der Waals surface area contributed by atoms with Gasteiger partial charge in [-0.3, -0.25) is 0 Å². The van der Waals surface area contributed by atoms with Crippen LogP contribution in [0.25, 0.3) is 10.9 Å². The van der Waals surface area contributed by atoms with E-state index >= 15 is 0 Å². The summed E-state index contributed by atoms with van der Waals surface area (Å²) in [6, 6.07) is 7.05. The summed E-state index contributed by atoms with van der Waals surface area (Å²) in [5.41, 5.74) is 0.971. The zero-order valence-electron chi connectivity index (χ0n) is 9.54. The van der Waals surface area contributed by atoms with Crippen molar-refractivity contribution >= 4 is 10.9 Å². The van der Waals surface area contributed by atoms with Crippen LogP contribution < -0.4 is 5.32 Å². The maximum absolute atomic E-state index is 13.4. The molecule has 86 valence electrons. The third-order valence-corrected chi connectivity index (χ3v) is 2.72. The van der Waals surface area contributed by atoms with E-state index in [0.29, 0.717) is 5.39 Å². The molecule has 2 aromatic rings. The number of halogens is 1. The molecule has 1 heterocycles. The van der Waals surface area contributed by atoms with Crippen molar-refractivity contribution in [2.75, 3.05) is 13.1 Å². The molecule has 0 saturated heterocycles. The van der Waals surface area contributed by atoms with Gasteiger partial charge in [0.2, 0.25) is 0 Å². The number of hydrogen-bond donors (Lipinski definition) is 1. The molecule has 0 saturated carbocycles. The van der Waals surface area contributed by atoms with Gasteiger partial charge in [-0.05, 0) is 31.2 Å². The second kappa shape index (κ2) is 5.12. The molecule has 0 aliphatic rings. The first-order valence-electron chi connectivity index (χ1n) is 5.77. The minimum Gasteiger partial charge on any atom is -0.346 e. The highest BCUT2D eigenvalue weighted by Crippen LogP contribution is 2.18. The smallest absolute Gasteiger partial charge is 0.132 e. The molecule has 2 nitrogen and oxygen atoms in total. The van der Waals surface area contributed by atoms with E-state index in [9.17, 15) is 4.39 Å². The molecular formula is C13H17FN2. The van der Waals surface area contributed by atoms with Gasteiger partial charge in [-0.25, -0.2) is 4.39 Å². The zero-order chi connectivity index (χ0) is 11.4. The van der Waals surface area contributed by atoms with Crippen LogP contribution in [0.15, 0.2) is 30.5 Å². The highest BCUT2D eigenvalue weighted by molar-refractivity contribution is 5.80. The van der Waals surface area contributed by atoms with Crippen molar-refractivity contribution in [2.24, 2.45) is 0 Å². The SMILES string of the molecule is CCCNCCn1ccc2c(F)cccc21. The van der Waals surface area contributed by atoms with E-state index in [-0.39, 0.29) is 5.82 Å². The highest BCUT2D eigenvalue weighted by atomic mass is 19.1. The molecule has 0 unspecified atom stereocenters. The van der Waals surface area contributed by atoms with Gasteiger partial charge in [0.05, 0.1) is 5.52 Å². The Hall–Kier alpha value is -1.35. The van der Waals surface area contributed by atoms with E-state index in [0.717, 1.165) is 31.6 Å². The summed E-state index contributed by atoms with van der Waals surface area (Å²) in [6.45, 7) is 4.99. The number of aromatic nitrogens is 1. The number of nitrogens with one attached hydrogen (secondary N) is 1. The van der Waals surface area contributed by atoms with Crippen LogP contribution in [0.4, 0.5) is 4.39 Å². The number of nitrogens with zero attached hydrogens (tertiary/aromatic N) is 1. The van der Waals surface area contributed by atoms with Crippen LogP contribution in [0.3, 0.4) is 0 Å². The van der Waals surface area contributed by atoms with Gasteiger partial charge >= 0.3 is 0 Å². The van der Waals surface area contributed by atoms with Gasteiger partial charge in [-0.1, -0.05) is 13.0 Å². The molecule has 1 aromatic heterocycles. The number of fused-ring (bicyclic) bond motifs is 1. The minimum atomic E-state index is -0.141. The van der Waals surface area contributed by atoms with Gasteiger partial charge in [-0.2, -0.15) is 0 Å². The molecule has 0 fully saturated rings. The van der Waals surface area contributed by atoms with E-state index in [1.807, 2.05) is 18.3 Å². The summed E-state index contributed by atoms with van der Waals surface area (Å²) in [4.78, 5) is 0. The van der Waals surface area contributed by atoms with Crippen LogP contribution in [0, 0.1) is 5.82 Å². The van der Waals surface area contributed by atoms with Crippen LogP contribution in [0.1, 0.15) is 13.3 Å². The van der Waals surface area contributed by atoms with Gasteiger partial charge in [0, 0.05) is 24.7 Å². The quantitative estimate of drug-likeness (QED) is 0.767. The highest BCUT2D eigenvalue weighted by Gasteiger charge is 2.03. The van der Waals surface area contributed by atoms with Gasteiger partial charge in [-0.15, -0.1) is 0 Å². The van der Waals surface area contributed by atoms with Gasteiger partial charge in [0.15, 0.2) is 0 Å². The lowest BCUT2D eigenvalue weighted by molar-refractivity contribution is 0.603. The zero-order valence-corrected chi connectivity index (χ0v) is 9.54. The van der Waals surface area contributed by atoms with Crippen LogP contribution in [-0.2, 0) is 6.54 Å². The largest absolute Gasteiger partial charge is 0.346 e. The molecule has 0 amide bonds. The topological polar surface area (TPSA) is 17.0 Å². The number of rotatable bonds is 5. The molecule has 0 aliphatic heterocycles. The Bertz CT molecular complexity index is 462. The first-order chi connectivity index (χ1) is 7.83. The first kappa shape index (κ1) is 11.1.